The lowest BCUT2D eigenvalue weighted by atomic mass is 10.0. The van der Waals surface area contributed by atoms with Crippen molar-refractivity contribution in [1.82, 2.24) is 4.98 Å². The van der Waals surface area contributed by atoms with Gasteiger partial charge in [-0.3, -0.25) is 9.98 Å². The molecule has 0 aliphatic rings. The lowest BCUT2D eigenvalue weighted by molar-refractivity contribution is 0.475. The Labute approximate surface area is 143 Å². The molecule has 4 rings (SSSR count). The molecular weight excluding hydrogens is 320 g/mol. The predicted octanol–water partition coefficient (Wildman–Crippen LogP) is 5.50. The zero-order valence-electron chi connectivity index (χ0n) is 12.6. The van der Waals surface area contributed by atoms with Gasteiger partial charge in [-0.05, 0) is 41.1 Å². The number of halogens is 1. The third-order valence-electron chi connectivity index (χ3n) is 3.98. The van der Waals surface area contributed by atoms with Crippen molar-refractivity contribution >= 4 is 45.2 Å². The van der Waals surface area contributed by atoms with Gasteiger partial charge in [0, 0.05) is 23.4 Å². The average molecular weight is 333 g/mol. The molecule has 1 aromatic heterocycles. The highest BCUT2D eigenvalue weighted by atomic mass is 35.5. The number of aromatic hydroxyl groups is 1. The highest BCUT2D eigenvalue weighted by molar-refractivity contribution is 6.35. The van der Waals surface area contributed by atoms with Gasteiger partial charge in [0.2, 0.25) is 0 Å². The van der Waals surface area contributed by atoms with E-state index in [1.807, 2.05) is 48.5 Å². The average Bonchev–Trinajstić information content (AvgIpc) is 2.63. The monoisotopic (exact) mass is 332 g/mol. The van der Waals surface area contributed by atoms with Crippen LogP contribution in [0.4, 0.5) is 5.69 Å². The van der Waals surface area contributed by atoms with Gasteiger partial charge in [0.05, 0.1) is 16.2 Å². The van der Waals surface area contributed by atoms with Gasteiger partial charge in [-0.15, -0.1) is 0 Å². The molecule has 3 aromatic carbocycles. The molecule has 0 radical (unpaired) electrons. The molecule has 1 heterocycles. The van der Waals surface area contributed by atoms with Crippen molar-refractivity contribution in [2.45, 2.75) is 0 Å². The van der Waals surface area contributed by atoms with Crippen LogP contribution in [-0.2, 0) is 0 Å². The summed E-state index contributed by atoms with van der Waals surface area (Å²) in [6.45, 7) is 0. The molecule has 0 amide bonds. The molecule has 0 fully saturated rings. The number of aliphatic imine (C=N–C) groups is 1. The number of rotatable bonds is 2. The Hall–Kier alpha value is -2.91. The molecule has 0 aliphatic heterocycles. The number of phenols is 1. The van der Waals surface area contributed by atoms with Crippen LogP contribution in [0.5, 0.6) is 5.75 Å². The Bertz CT molecular complexity index is 1090. The van der Waals surface area contributed by atoms with Crippen LogP contribution in [0.1, 0.15) is 5.56 Å². The predicted molar refractivity (Wildman–Crippen MR) is 99.6 cm³/mol. The van der Waals surface area contributed by atoms with E-state index < -0.39 is 0 Å². The SMILES string of the molecule is Oc1ccc2ccccc2c1C=Nc1ccc(Cl)c2cccnc12. The second kappa shape index (κ2) is 5.95. The molecule has 0 atom stereocenters. The van der Waals surface area contributed by atoms with E-state index in [1.165, 1.54) is 0 Å². The standard InChI is InChI=1S/C20H13ClN2O/c21-17-8-9-18(20-15(17)6-3-11-22-20)23-12-16-14-5-2-1-4-13(14)7-10-19(16)24/h1-12,24H. The van der Waals surface area contributed by atoms with Crippen molar-refractivity contribution in [1.29, 1.82) is 0 Å². The van der Waals surface area contributed by atoms with Gasteiger partial charge in [-0.25, -0.2) is 0 Å². The fraction of sp³-hybridized carbons (Fsp3) is 0. The summed E-state index contributed by atoms with van der Waals surface area (Å²) < 4.78 is 0. The van der Waals surface area contributed by atoms with E-state index in [0.29, 0.717) is 16.3 Å². The van der Waals surface area contributed by atoms with E-state index in [-0.39, 0.29) is 5.75 Å². The molecule has 0 saturated carbocycles. The van der Waals surface area contributed by atoms with Gasteiger partial charge in [0.15, 0.2) is 0 Å². The highest BCUT2D eigenvalue weighted by Gasteiger charge is 2.07. The molecule has 3 nitrogen and oxygen atoms in total. The van der Waals surface area contributed by atoms with Crippen molar-refractivity contribution < 1.29 is 5.11 Å². The fourth-order valence-electron chi connectivity index (χ4n) is 2.78. The summed E-state index contributed by atoms with van der Waals surface area (Å²) in [7, 11) is 0. The first-order valence-electron chi connectivity index (χ1n) is 7.52. The Morgan fingerprint density at radius 2 is 1.75 bits per heavy atom. The zero-order valence-corrected chi connectivity index (χ0v) is 13.4. The van der Waals surface area contributed by atoms with E-state index in [9.17, 15) is 5.11 Å². The topological polar surface area (TPSA) is 45.5 Å². The molecule has 0 bridgehead atoms. The van der Waals surface area contributed by atoms with Gasteiger partial charge < -0.3 is 5.11 Å². The van der Waals surface area contributed by atoms with Gasteiger partial charge >= 0.3 is 0 Å². The quantitative estimate of drug-likeness (QED) is 0.493. The Kier molecular flexibility index (Phi) is 3.63. The third-order valence-corrected chi connectivity index (χ3v) is 4.31. The summed E-state index contributed by atoms with van der Waals surface area (Å²) in [4.78, 5) is 8.93. The van der Waals surface area contributed by atoms with E-state index >= 15 is 0 Å². The van der Waals surface area contributed by atoms with Gasteiger partial charge in [0.1, 0.15) is 5.75 Å². The molecule has 4 aromatic rings. The zero-order chi connectivity index (χ0) is 16.5. The lowest BCUT2D eigenvalue weighted by Crippen LogP contribution is -1.86. The maximum atomic E-state index is 10.2. The van der Waals surface area contributed by atoms with Gasteiger partial charge in [-0.1, -0.05) is 41.9 Å². The Morgan fingerprint density at radius 3 is 2.67 bits per heavy atom. The summed E-state index contributed by atoms with van der Waals surface area (Å²) in [5, 5.41) is 13.7. The van der Waals surface area contributed by atoms with Crippen molar-refractivity contribution in [3.8, 4) is 5.75 Å². The van der Waals surface area contributed by atoms with Crippen molar-refractivity contribution in [3.63, 3.8) is 0 Å². The van der Waals surface area contributed by atoms with E-state index in [2.05, 4.69) is 9.98 Å². The molecule has 0 saturated heterocycles. The smallest absolute Gasteiger partial charge is 0.124 e. The van der Waals surface area contributed by atoms with Crippen molar-refractivity contribution in [2.24, 2.45) is 4.99 Å². The maximum absolute atomic E-state index is 10.2. The summed E-state index contributed by atoms with van der Waals surface area (Å²) >= 11 is 6.22. The van der Waals surface area contributed by atoms with Crippen molar-refractivity contribution in [2.75, 3.05) is 0 Å². The summed E-state index contributed by atoms with van der Waals surface area (Å²) in [6.07, 6.45) is 3.39. The van der Waals surface area contributed by atoms with E-state index in [0.717, 1.165) is 21.7 Å². The lowest BCUT2D eigenvalue weighted by Gasteiger charge is -2.06. The summed E-state index contributed by atoms with van der Waals surface area (Å²) in [5.41, 5.74) is 2.13. The minimum atomic E-state index is 0.198. The number of benzene rings is 3. The number of hydrogen-bond donors (Lipinski definition) is 1. The largest absolute Gasteiger partial charge is 0.507 e. The first-order chi connectivity index (χ1) is 11.7. The first-order valence-corrected chi connectivity index (χ1v) is 7.90. The summed E-state index contributed by atoms with van der Waals surface area (Å²) in [5.74, 6) is 0.198. The Morgan fingerprint density at radius 1 is 0.917 bits per heavy atom. The van der Waals surface area contributed by atoms with Crippen LogP contribution in [0, 0.1) is 0 Å². The molecule has 0 unspecified atom stereocenters. The van der Waals surface area contributed by atoms with Gasteiger partial charge in [0.25, 0.3) is 0 Å². The fourth-order valence-corrected chi connectivity index (χ4v) is 3.00. The van der Waals surface area contributed by atoms with Crippen LogP contribution in [-0.4, -0.2) is 16.3 Å². The second-order valence-electron chi connectivity index (χ2n) is 5.44. The van der Waals surface area contributed by atoms with Crippen LogP contribution in [0.25, 0.3) is 21.7 Å². The van der Waals surface area contributed by atoms with Crippen LogP contribution in [0.3, 0.4) is 0 Å². The molecule has 4 heteroatoms. The van der Waals surface area contributed by atoms with Gasteiger partial charge in [-0.2, -0.15) is 0 Å². The molecule has 0 spiro atoms. The van der Waals surface area contributed by atoms with E-state index in [4.69, 9.17) is 11.6 Å². The molecular formula is C20H13ClN2O. The van der Waals surface area contributed by atoms with Crippen LogP contribution >= 0.6 is 11.6 Å². The number of phenolic OH excluding ortho intramolecular Hbond substituents is 1. The van der Waals surface area contributed by atoms with Crippen LogP contribution in [0.15, 0.2) is 71.9 Å². The number of pyridine rings is 1. The Balaban J connectivity index is 1.88. The number of nitrogens with zero attached hydrogens (tertiary/aromatic N) is 2. The first kappa shape index (κ1) is 14.7. The molecule has 1 N–H and O–H groups in total. The summed E-state index contributed by atoms with van der Waals surface area (Å²) in [6, 6.07) is 18.9. The number of aromatic nitrogens is 1. The maximum Gasteiger partial charge on any atom is 0.124 e. The molecule has 24 heavy (non-hydrogen) atoms. The number of fused-ring (bicyclic) bond motifs is 2. The van der Waals surface area contributed by atoms with Crippen molar-refractivity contribution in [3.05, 3.63) is 77.4 Å². The second-order valence-corrected chi connectivity index (χ2v) is 5.85. The highest BCUT2D eigenvalue weighted by Crippen LogP contribution is 2.31. The normalized spacial score (nSPS) is 11.5. The molecule has 116 valence electrons. The minimum absolute atomic E-state index is 0.198. The van der Waals surface area contributed by atoms with Crippen LogP contribution < -0.4 is 0 Å². The van der Waals surface area contributed by atoms with E-state index in [1.54, 1.807) is 24.5 Å². The third kappa shape index (κ3) is 2.49. The molecule has 0 aliphatic carbocycles. The number of hydrogen-bond acceptors (Lipinski definition) is 3. The minimum Gasteiger partial charge on any atom is -0.507 e. The van der Waals surface area contributed by atoms with Crippen LogP contribution in [0.2, 0.25) is 5.02 Å².